The molecule has 1 nitrogen and oxygen atoms in total. The lowest BCUT2D eigenvalue weighted by Crippen LogP contribution is -2.19. The molecule has 0 bridgehead atoms. The second kappa shape index (κ2) is 3.13. The third kappa shape index (κ3) is 2.92. The first-order chi connectivity index (χ1) is 4.58. The molecule has 0 aliphatic heterocycles. The monoisotopic (exact) mass is 214 g/mol. The van der Waals surface area contributed by atoms with E-state index in [0.717, 1.165) is 25.7 Å². The summed E-state index contributed by atoms with van der Waals surface area (Å²) in [5, 5.41) is -3.12. The smallest absolute Gasteiger partial charge is 0.308 e. The van der Waals surface area contributed by atoms with E-state index in [9.17, 15) is 8.78 Å². The predicted octanol–water partition coefficient (Wildman–Crippen LogP) is 2.89. The van der Waals surface area contributed by atoms with Gasteiger partial charge in [-0.3, -0.25) is 0 Å². The topological polar surface area (TPSA) is 9.23 Å². The Morgan fingerprint density at radius 3 is 2.20 bits per heavy atom. The van der Waals surface area contributed by atoms with Gasteiger partial charge in [0.05, 0.1) is 6.10 Å². The van der Waals surface area contributed by atoms with Crippen LogP contribution in [0, 0.1) is 0 Å². The molecule has 0 aromatic rings. The summed E-state index contributed by atoms with van der Waals surface area (Å²) in [5.41, 5.74) is 0. The standard InChI is InChI=1S/C6H9BrF2O/c7-6(8,9)10-5-3-1-2-4-5/h5H,1-4H2. The summed E-state index contributed by atoms with van der Waals surface area (Å²) in [6.45, 7) is 0. The summed E-state index contributed by atoms with van der Waals surface area (Å²) in [6, 6.07) is 0. The van der Waals surface area contributed by atoms with Gasteiger partial charge in [-0.05, 0) is 12.8 Å². The van der Waals surface area contributed by atoms with E-state index in [0.29, 0.717) is 0 Å². The van der Waals surface area contributed by atoms with Gasteiger partial charge in [0.15, 0.2) is 0 Å². The summed E-state index contributed by atoms with van der Waals surface area (Å²) >= 11 is 2.13. The number of ether oxygens (including phenoxy) is 1. The maximum Gasteiger partial charge on any atom is 0.414 e. The van der Waals surface area contributed by atoms with E-state index in [1.807, 2.05) is 0 Å². The zero-order valence-corrected chi connectivity index (χ0v) is 7.03. The molecule has 1 aliphatic carbocycles. The first-order valence-corrected chi connectivity index (χ1v) is 4.12. The molecule has 60 valence electrons. The third-order valence-corrected chi connectivity index (χ3v) is 1.79. The van der Waals surface area contributed by atoms with Crippen LogP contribution in [-0.2, 0) is 4.74 Å². The molecule has 0 spiro atoms. The van der Waals surface area contributed by atoms with Crippen LogP contribution in [0.25, 0.3) is 0 Å². The third-order valence-electron chi connectivity index (χ3n) is 1.60. The second-order valence-electron chi connectivity index (χ2n) is 2.47. The fourth-order valence-electron chi connectivity index (χ4n) is 1.20. The highest BCUT2D eigenvalue weighted by atomic mass is 79.9. The van der Waals surface area contributed by atoms with Crippen molar-refractivity contribution in [2.75, 3.05) is 0 Å². The first kappa shape index (κ1) is 8.40. The van der Waals surface area contributed by atoms with Gasteiger partial charge in [-0.15, -0.1) is 0 Å². The van der Waals surface area contributed by atoms with Gasteiger partial charge in [0.2, 0.25) is 0 Å². The van der Waals surface area contributed by atoms with Crippen molar-refractivity contribution in [3.63, 3.8) is 0 Å². The van der Waals surface area contributed by atoms with Gasteiger partial charge in [-0.2, -0.15) is 8.78 Å². The van der Waals surface area contributed by atoms with Gasteiger partial charge >= 0.3 is 5.02 Å². The maximum absolute atomic E-state index is 12.1. The summed E-state index contributed by atoms with van der Waals surface area (Å²) < 4.78 is 28.5. The molecule has 10 heavy (non-hydrogen) atoms. The van der Waals surface area contributed by atoms with Crippen molar-refractivity contribution >= 4 is 15.9 Å². The average Bonchev–Trinajstić information content (AvgIpc) is 2.12. The van der Waals surface area contributed by atoms with Crippen LogP contribution in [0.2, 0.25) is 0 Å². The molecule has 1 aliphatic rings. The normalized spacial score (nSPS) is 21.9. The lowest BCUT2D eigenvalue weighted by molar-refractivity contribution is -0.185. The van der Waals surface area contributed by atoms with Crippen LogP contribution in [0.5, 0.6) is 0 Å². The van der Waals surface area contributed by atoms with Crippen molar-refractivity contribution in [1.29, 1.82) is 0 Å². The molecule has 0 saturated heterocycles. The Labute approximate surface area is 66.9 Å². The molecule has 0 radical (unpaired) electrons. The zero-order valence-electron chi connectivity index (χ0n) is 5.45. The number of hydrogen-bond donors (Lipinski definition) is 0. The Bertz CT molecular complexity index is 107. The Kier molecular flexibility index (Phi) is 2.63. The van der Waals surface area contributed by atoms with Crippen LogP contribution in [-0.4, -0.2) is 11.1 Å². The van der Waals surface area contributed by atoms with Crippen molar-refractivity contribution in [3.05, 3.63) is 0 Å². The van der Waals surface area contributed by atoms with E-state index < -0.39 is 5.02 Å². The van der Waals surface area contributed by atoms with Crippen molar-refractivity contribution in [3.8, 4) is 0 Å². The molecule has 1 fully saturated rings. The zero-order chi connectivity index (χ0) is 7.61. The summed E-state index contributed by atoms with van der Waals surface area (Å²) in [5.74, 6) is 0. The van der Waals surface area contributed by atoms with Gasteiger partial charge < -0.3 is 4.74 Å². The molecule has 0 heterocycles. The summed E-state index contributed by atoms with van der Waals surface area (Å²) in [4.78, 5) is 0. The minimum absolute atomic E-state index is 0.241. The lowest BCUT2D eigenvalue weighted by Gasteiger charge is -2.14. The fraction of sp³-hybridized carbons (Fsp3) is 1.00. The van der Waals surface area contributed by atoms with Crippen molar-refractivity contribution < 1.29 is 13.5 Å². The van der Waals surface area contributed by atoms with Gasteiger partial charge in [0, 0.05) is 15.9 Å². The van der Waals surface area contributed by atoms with Crippen LogP contribution in [0.1, 0.15) is 25.7 Å². The van der Waals surface area contributed by atoms with Crippen LogP contribution < -0.4 is 0 Å². The van der Waals surface area contributed by atoms with Crippen molar-refractivity contribution in [2.45, 2.75) is 36.8 Å². The largest absolute Gasteiger partial charge is 0.414 e. The Morgan fingerprint density at radius 2 is 1.80 bits per heavy atom. The number of halogens is 3. The summed E-state index contributed by atoms with van der Waals surface area (Å²) in [6.07, 6.45) is 3.30. The summed E-state index contributed by atoms with van der Waals surface area (Å²) in [7, 11) is 0. The Morgan fingerprint density at radius 1 is 1.30 bits per heavy atom. The van der Waals surface area contributed by atoms with Crippen molar-refractivity contribution in [1.82, 2.24) is 0 Å². The quantitative estimate of drug-likeness (QED) is 0.643. The predicted molar refractivity (Wildman–Crippen MR) is 37.2 cm³/mol. The van der Waals surface area contributed by atoms with E-state index in [2.05, 4.69) is 20.7 Å². The molecular formula is C6H9BrF2O. The van der Waals surface area contributed by atoms with Crippen LogP contribution in [0.15, 0.2) is 0 Å². The minimum Gasteiger partial charge on any atom is -0.308 e. The number of alkyl halides is 3. The van der Waals surface area contributed by atoms with Gasteiger partial charge in [0.1, 0.15) is 0 Å². The van der Waals surface area contributed by atoms with Gasteiger partial charge in [-0.1, -0.05) is 12.8 Å². The lowest BCUT2D eigenvalue weighted by atomic mass is 10.3. The van der Waals surface area contributed by atoms with Gasteiger partial charge in [0.25, 0.3) is 0 Å². The molecule has 0 aromatic heterocycles. The molecule has 1 rings (SSSR count). The highest BCUT2D eigenvalue weighted by Crippen LogP contribution is 2.31. The molecule has 0 atom stereocenters. The van der Waals surface area contributed by atoms with E-state index >= 15 is 0 Å². The number of hydrogen-bond acceptors (Lipinski definition) is 1. The minimum atomic E-state index is -3.12. The van der Waals surface area contributed by atoms with Crippen LogP contribution >= 0.6 is 15.9 Å². The molecule has 4 heteroatoms. The van der Waals surface area contributed by atoms with E-state index in [1.54, 1.807) is 0 Å². The Hall–Kier alpha value is 0.300. The number of rotatable bonds is 2. The molecule has 0 aromatic carbocycles. The van der Waals surface area contributed by atoms with Crippen molar-refractivity contribution in [2.24, 2.45) is 0 Å². The van der Waals surface area contributed by atoms with E-state index in [1.165, 1.54) is 0 Å². The van der Waals surface area contributed by atoms with Crippen LogP contribution in [0.4, 0.5) is 8.78 Å². The second-order valence-corrected chi connectivity index (χ2v) is 3.39. The molecule has 0 N–H and O–H groups in total. The molecule has 1 saturated carbocycles. The molecule has 0 amide bonds. The Balaban J connectivity index is 2.24. The average molecular weight is 215 g/mol. The molecule has 0 unspecified atom stereocenters. The SMILES string of the molecule is FC(F)(Br)OC1CCCC1. The highest BCUT2D eigenvalue weighted by molar-refractivity contribution is 9.09. The maximum atomic E-state index is 12.1. The first-order valence-electron chi connectivity index (χ1n) is 3.32. The van der Waals surface area contributed by atoms with E-state index in [-0.39, 0.29) is 6.10 Å². The van der Waals surface area contributed by atoms with Crippen LogP contribution in [0.3, 0.4) is 0 Å². The van der Waals surface area contributed by atoms with Gasteiger partial charge in [-0.25, -0.2) is 0 Å². The highest BCUT2D eigenvalue weighted by Gasteiger charge is 2.30. The fourth-order valence-corrected chi connectivity index (χ4v) is 1.46. The molecular weight excluding hydrogens is 206 g/mol. The van der Waals surface area contributed by atoms with E-state index in [4.69, 9.17) is 0 Å².